The Labute approximate surface area is 145 Å². The van der Waals surface area contributed by atoms with Crippen molar-refractivity contribution in [2.75, 3.05) is 18.2 Å². The molecule has 0 aliphatic carbocycles. The van der Waals surface area contributed by atoms with Gasteiger partial charge < -0.3 is 9.45 Å². The number of hydrogen-bond acceptors (Lipinski definition) is 5. The van der Waals surface area contributed by atoms with Crippen LogP contribution in [0.5, 0.6) is 0 Å². The van der Waals surface area contributed by atoms with Crippen molar-refractivity contribution >= 4 is 49.4 Å². The van der Waals surface area contributed by atoms with Crippen LogP contribution in [-0.2, 0) is 16.0 Å². The van der Waals surface area contributed by atoms with Crippen molar-refractivity contribution in [1.82, 2.24) is 9.97 Å². The smallest absolute Gasteiger partial charge is 0.232 e. The van der Waals surface area contributed by atoms with Gasteiger partial charge in [-0.2, -0.15) is 0 Å². The fourth-order valence-corrected chi connectivity index (χ4v) is 3.83. The van der Waals surface area contributed by atoms with E-state index in [0.29, 0.717) is 4.60 Å². The highest BCUT2D eigenvalue weighted by atomic mass is 79.9. The van der Waals surface area contributed by atoms with Crippen molar-refractivity contribution in [3.05, 3.63) is 29.1 Å². The fraction of sp³-hybridized carbons (Fsp3) is 0.357. The number of anilines is 1. The molecule has 0 fully saturated rings. The van der Waals surface area contributed by atoms with E-state index in [1.54, 1.807) is 30.6 Å². The molecule has 118 valence electrons. The molecule has 0 N–H and O–H groups in total. The molecular weight excluding hydrogens is 386 g/mol. The SMILES string of the molecule is CC(CC(=O)N(C)c1sc(-c2cccnc2)nc1Br)[S+](C)[O-]. The van der Waals surface area contributed by atoms with Crippen molar-refractivity contribution in [2.24, 2.45) is 0 Å². The predicted octanol–water partition coefficient (Wildman–Crippen LogP) is 3.09. The van der Waals surface area contributed by atoms with Gasteiger partial charge in [0.05, 0.1) is 12.7 Å². The predicted molar refractivity (Wildman–Crippen MR) is 94.6 cm³/mol. The minimum absolute atomic E-state index is 0.0789. The number of nitrogens with zero attached hydrogens (tertiary/aromatic N) is 3. The Bertz CT molecular complexity index is 649. The van der Waals surface area contributed by atoms with E-state index >= 15 is 0 Å². The van der Waals surface area contributed by atoms with Crippen molar-refractivity contribution < 1.29 is 9.35 Å². The van der Waals surface area contributed by atoms with Crippen LogP contribution in [0.3, 0.4) is 0 Å². The zero-order valence-corrected chi connectivity index (χ0v) is 15.7. The van der Waals surface area contributed by atoms with E-state index in [4.69, 9.17) is 0 Å². The molecule has 22 heavy (non-hydrogen) atoms. The topological polar surface area (TPSA) is 69.2 Å². The molecule has 2 heterocycles. The second-order valence-corrected chi connectivity index (χ2v) is 8.35. The van der Waals surface area contributed by atoms with Crippen LogP contribution in [0.2, 0.25) is 0 Å². The summed E-state index contributed by atoms with van der Waals surface area (Å²) in [5, 5.41) is 1.36. The zero-order valence-electron chi connectivity index (χ0n) is 12.4. The van der Waals surface area contributed by atoms with Gasteiger partial charge in [-0.05, 0) is 35.0 Å². The third-order valence-corrected chi connectivity index (χ3v) is 6.48. The van der Waals surface area contributed by atoms with Crippen LogP contribution in [0.15, 0.2) is 29.1 Å². The molecule has 0 saturated carbocycles. The highest BCUT2D eigenvalue weighted by Gasteiger charge is 2.23. The number of thiazole rings is 1. The van der Waals surface area contributed by atoms with Crippen molar-refractivity contribution in [2.45, 2.75) is 18.6 Å². The van der Waals surface area contributed by atoms with Crippen molar-refractivity contribution in [1.29, 1.82) is 0 Å². The lowest BCUT2D eigenvalue weighted by atomic mass is 10.3. The maximum Gasteiger partial charge on any atom is 0.232 e. The first-order valence-corrected chi connectivity index (χ1v) is 9.78. The largest absolute Gasteiger partial charge is 0.616 e. The highest BCUT2D eigenvalue weighted by Crippen LogP contribution is 2.37. The molecule has 2 atom stereocenters. The molecule has 0 saturated heterocycles. The summed E-state index contributed by atoms with van der Waals surface area (Å²) in [4.78, 5) is 22.4. The third-order valence-electron chi connectivity index (χ3n) is 3.19. The third kappa shape index (κ3) is 4.07. The van der Waals surface area contributed by atoms with E-state index in [1.165, 1.54) is 11.3 Å². The quantitative estimate of drug-likeness (QED) is 0.721. The van der Waals surface area contributed by atoms with Crippen LogP contribution >= 0.6 is 27.3 Å². The van der Waals surface area contributed by atoms with E-state index in [-0.39, 0.29) is 17.6 Å². The number of amides is 1. The average molecular weight is 402 g/mol. The molecule has 8 heteroatoms. The summed E-state index contributed by atoms with van der Waals surface area (Å²) in [5.41, 5.74) is 0.906. The molecule has 2 rings (SSSR count). The lowest BCUT2D eigenvalue weighted by Gasteiger charge is -2.18. The van der Waals surface area contributed by atoms with Crippen LogP contribution in [0.4, 0.5) is 5.00 Å². The van der Waals surface area contributed by atoms with E-state index in [0.717, 1.165) is 15.6 Å². The second kappa shape index (κ2) is 7.54. The van der Waals surface area contributed by atoms with Gasteiger partial charge in [0.2, 0.25) is 5.91 Å². The molecule has 2 unspecified atom stereocenters. The number of rotatable bonds is 5. The first kappa shape index (κ1) is 17.4. The van der Waals surface area contributed by atoms with Crippen molar-refractivity contribution in [3.63, 3.8) is 0 Å². The van der Waals surface area contributed by atoms with E-state index in [2.05, 4.69) is 25.9 Å². The van der Waals surface area contributed by atoms with Crippen LogP contribution in [-0.4, -0.2) is 39.0 Å². The molecule has 1 amide bonds. The Morgan fingerprint density at radius 3 is 2.91 bits per heavy atom. The molecule has 2 aromatic heterocycles. The normalized spacial score (nSPS) is 13.7. The standard InChI is InChI=1S/C14H16BrN3O2S2/c1-9(22(3)20)7-11(19)18(2)14-12(15)17-13(21-14)10-5-4-6-16-8-10/h4-6,8-9H,7H2,1-3H3. The van der Waals surface area contributed by atoms with E-state index in [9.17, 15) is 9.35 Å². The lowest BCUT2D eigenvalue weighted by Crippen LogP contribution is -2.31. The highest BCUT2D eigenvalue weighted by molar-refractivity contribution is 9.10. The molecule has 0 bridgehead atoms. The maximum absolute atomic E-state index is 12.3. The van der Waals surface area contributed by atoms with Gasteiger partial charge in [0.25, 0.3) is 0 Å². The summed E-state index contributed by atoms with van der Waals surface area (Å²) in [6.45, 7) is 1.81. The Hall–Kier alpha value is -0.960. The van der Waals surface area contributed by atoms with Crippen LogP contribution < -0.4 is 4.90 Å². The van der Waals surface area contributed by atoms with Crippen LogP contribution in [0, 0.1) is 0 Å². The molecule has 0 spiro atoms. The maximum atomic E-state index is 12.3. The summed E-state index contributed by atoms with van der Waals surface area (Å²) in [6.07, 6.45) is 5.29. The van der Waals surface area contributed by atoms with Gasteiger partial charge in [-0.3, -0.25) is 9.78 Å². The summed E-state index contributed by atoms with van der Waals surface area (Å²) in [5.74, 6) is -0.0789. The summed E-state index contributed by atoms with van der Waals surface area (Å²) >= 11 is 3.81. The molecule has 0 aromatic carbocycles. The molecule has 5 nitrogen and oxygen atoms in total. The number of hydrogen-bond donors (Lipinski definition) is 0. The summed E-state index contributed by atoms with van der Waals surface area (Å²) < 4.78 is 12.0. The van der Waals surface area contributed by atoms with E-state index < -0.39 is 11.2 Å². The molecular formula is C14H16BrN3O2S2. The number of carbonyl (C=O) groups is 1. The zero-order chi connectivity index (χ0) is 16.3. The molecule has 0 aliphatic rings. The van der Waals surface area contributed by atoms with Gasteiger partial charge in [-0.15, -0.1) is 0 Å². The van der Waals surface area contributed by atoms with Crippen LogP contribution in [0.1, 0.15) is 13.3 Å². The van der Waals surface area contributed by atoms with Crippen molar-refractivity contribution in [3.8, 4) is 10.6 Å². The van der Waals surface area contributed by atoms with E-state index in [1.807, 2.05) is 19.1 Å². The van der Waals surface area contributed by atoms with Gasteiger partial charge >= 0.3 is 0 Å². The number of halogens is 1. The first-order valence-electron chi connectivity index (χ1n) is 6.55. The first-order chi connectivity index (χ1) is 10.4. The average Bonchev–Trinajstić information content (AvgIpc) is 2.89. The molecule has 0 aliphatic heterocycles. The Morgan fingerprint density at radius 1 is 1.59 bits per heavy atom. The fourth-order valence-electron chi connectivity index (χ4n) is 1.73. The monoisotopic (exact) mass is 401 g/mol. The number of pyridine rings is 1. The molecule has 0 radical (unpaired) electrons. The Balaban J connectivity index is 2.19. The summed E-state index contributed by atoms with van der Waals surface area (Å²) in [6, 6.07) is 3.77. The Morgan fingerprint density at radius 2 is 2.32 bits per heavy atom. The summed E-state index contributed by atoms with van der Waals surface area (Å²) in [7, 11) is 1.71. The minimum atomic E-state index is -1.01. The van der Waals surface area contributed by atoms with Crippen LogP contribution in [0.25, 0.3) is 10.6 Å². The Kier molecular flexibility index (Phi) is 5.96. The number of aromatic nitrogens is 2. The second-order valence-electron chi connectivity index (χ2n) is 4.82. The lowest BCUT2D eigenvalue weighted by molar-refractivity contribution is -0.118. The molecule has 2 aromatic rings. The van der Waals surface area contributed by atoms with Gasteiger partial charge in [-0.1, -0.05) is 22.5 Å². The minimum Gasteiger partial charge on any atom is -0.616 e. The van der Waals surface area contributed by atoms with Gasteiger partial charge in [0.1, 0.15) is 19.9 Å². The van der Waals surface area contributed by atoms with Gasteiger partial charge in [-0.25, -0.2) is 4.98 Å². The number of carbonyl (C=O) groups excluding carboxylic acids is 1. The van der Waals surface area contributed by atoms with Gasteiger partial charge in [0, 0.05) is 25.0 Å². The van der Waals surface area contributed by atoms with Gasteiger partial charge in [0.15, 0.2) is 0 Å².